The fourth-order valence-electron chi connectivity index (χ4n) is 4.54. The first kappa shape index (κ1) is 18.7. The molecule has 0 aliphatic carbocycles. The predicted molar refractivity (Wildman–Crippen MR) is 105 cm³/mol. The van der Waals surface area contributed by atoms with Crippen LogP contribution in [0.15, 0.2) is 28.8 Å². The standard InChI is InChI=1S/C22H27N3O3/c1-14-7-9-17(10-8-14)11-25-19-13-24(12-18(19)5-4-6-20(25)26)22(27)21-15(2)23-28-16(21)3/h7-10,18-19H,4-6,11-13H2,1-3H3/t18-,19+/m1/s1. The number of aryl methyl sites for hydroxylation is 3. The molecule has 6 nitrogen and oxygen atoms in total. The van der Waals surface area contributed by atoms with Gasteiger partial charge < -0.3 is 14.3 Å². The Morgan fingerprint density at radius 2 is 1.93 bits per heavy atom. The van der Waals surface area contributed by atoms with Gasteiger partial charge in [0.1, 0.15) is 11.3 Å². The van der Waals surface area contributed by atoms with Crippen LogP contribution in [-0.2, 0) is 11.3 Å². The average molecular weight is 381 g/mol. The molecule has 2 amide bonds. The molecule has 0 spiro atoms. The van der Waals surface area contributed by atoms with Gasteiger partial charge in [-0.1, -0.05) is 35.0 Å². The highest BCUT2D eigenvalue weighted by Gasteiger charge is 2.42. The van der Waals surface area contributed by atoms with Gasteiger partial charge in [0.05, 0.1) is 11.7 Å². The molecule has 2 aromatic rings. The second kappa shape index (κ2) is 7.41. The van der Waals surface area contributed by atoms with Crippen LogP contribution in [0.3, 0.4) is 0 Å². The lowest BCUT2D eigenvalue weighted by Gasteiger charge is -2.30. The number of carbonyl (C=O) groups excluding carboxylic acids is 2. The number of fused-ring (bicyclic) bond motifs is 1. The van der Waals surface area contributed by atoms with Gasteiger partial charge in [-0.2, -0.15) is 0 Å². The quantitative estimate of drug-likeness (QED) is 0.819. The number of likely N-dealkylation sites (tertiary alicyclic amines) is 2. The highest BCUT2D eigenvalue weighted by Crippen LogP contribution is 2.33. The fraction of sp³-hybridized carbons (Fsp3) is 0.500. The first-order chi connectivity index (χ1) is 13.4. The van der Waals surface area contributed by atoms with Crippen molar-refractivity contribution < 1.29 is 14.1 Å². The Balaban J connectivity index is 1.56. The minimum Gasteiger partial charge on any atom is -0.361 e. The second-order valence-corrected chi connectivity index (χ2v) is 8.14. The Morgan fingerprint density at radius 1 is 1.18 bits per heavy atom. The van der Waals surface area contributed by atoms with Gasteiger partial charge in [0.15, 0.2) is 0 Å². The van der Waals surface area contributed by atoms with Crippen LogP contribution < -0.4 is 0 Å². The zero-order valence-electron chi connectivity index (χ0n) is 16.8. The summed E-state index contributed by atoms with van der Waals surface area (Å²) in [6.45, 7) is 7.50. The largest absolute Gasteiger partial charge is 0.361 e. The molecule has 0 saturated carbocycles. The molecule has 1 aromatic carbocycles. The summed E-state index contributed by atoms with van der Waals surface area (Å²) >= 11 is 0. The normalized spacial score (nSPS) is 22.3. The summed E-state index contributed by atoms with van der Waals surface area (Å²) in [5, 5.41) is 3.92. The number of rotatable bonds is 3. The van der Waals surface area contributed by atoms with Gasteiger partial charge in [-0.3, -0.25) is 9.59 Å². The number of benzene rings is 1. The SMILES string of the molecule is Cc1ccc(CN2C(=O)CCC[C@@H]3CN(C(=O)c4c(C)noc4C)C[C@@H]32)cc1. The maximum atomic E-state index is 13.1. The molecule has 6 heteroatoms. The topological polar surface area (TPSA) is 66.7 Å². The first-order valence-corrected chi connectivity index (χ1v) is 10.0. The zero-order valence-corrected chi connectivity index (χ0v) is 16.8. The third-order valence-corrected chi connectivity index (χ3v) is 6.10. The van der Waals surface area contributed by atoms with Crippen molar-refractivity contribution in [3.05, 3.63) is 52.4 Å². The van der Waals surface area contributed by atoms with Gasteiger partial charge in [-0.05, 0) is 45.1 Å². The van der Waals surface area contributed by atoms with Crippen molar-refractivity contribution in [2.45, 2.75) is 52.6 Å². The molecule has 0 radical (unpaired) electrons. The van der Waals surface area contributed by atoms with Crippen molar-refractivity contribution in [1.29, 1.82) is 0 Å². The molecule has 148 valence electrons. The van der Waals surface area contributed by atoms with Crippen molar-refractivity contribution in [1.82, 2.24) is 15.0 Å². The van der Waals surface area contributed by atoms with Gasteiger partial charge >= 0.3 is 0 Å². The first-order valence-electron chi connectivity index (χ1n) is 10.0. The number of amides is 2. The smallest absolute Gasteiger partial charge is 0.259 e. The van der Waals surface area contributed by atoms with E-state index in [1.54, 1.807) is 13.8 Å². The molecule has 2 aliphatic rings. The summed E-state index contributed by atoms with van der Waals surface area (Å²) in [7, 11) is 0. The van der Waals surface area contributed by atoms with Crippen LogP contribution >= 0.6 is 0 Å². The second-order valence-electron chi connectivity index (χ2n) is 8.14. The molecule has 0 unspecified atom stereocenters. The molecule has 2 saturated heterocycles. The van der Waals surface area contributed by atoms with E-state index in [1.807, 2.05) is 9.80 Å². The van der Waals surface area contributed by atoms with Crippen molar-refractivity contribution in [2.24, 2.45) is 5.92 Å². The van der Waals surface area contributed by atoms with E-state index >= 15 is 0 Å². The monoisotopic (exact) mass is 381 g/mol. The third-order valence-electron chi connectivity index (χ3n) is 6.10. The predicted octanol–water partition coefficient (Wildman–Crippen LogP) is 3.25. The van der Waals surface area contributed by atoms with Crippen LogP contribution in [0.25, 0.3) is 0 Å². The molecular weight excluding hydrogens is 354 g/mol. The van der Waals surface area contributed by atoms with Crippen molar-refractivity contribution in [3.63, 3.8) is 0 Å². The van der Waals surface area contributed by atoms with Crippen LogP contribution in [-0.4, -0.2) is 45.9 Å². The highest BCUT2D eigenvalue weighted by molar-refractivity contribution is 5.96. The summed E-state index contributed by atoms with van der Waals surface area (Å²) in [4.78, 5) is 29.8. The number of hydrogen-bond donors (Lipinski definition) is 0. The number of aromatic nitrogens is 1. The molecule has 2 aliphatic heterocycles. The molecule has 0 N–H and O–H groups in total. The van der Waals surface area contributed by atoms with E-state index in [1.165, 1.54) is 5.56 Å². The number of carbonyl (C=O) groups is 2. The molecule has 2 atom stereocenters. The number of nitrogens with zero attached hydrogens (tertiary/aromatic N) is 3. The summed E-state index contributed by atoms with van der Waals surface area (Å²) in [6.07, 6.45) is 2.46. The molecule has 28 heavy (non-hydrogen) atoms. The van der Waals surface area contributed by atoms with Crippen molar-refractivity contribution >= 4 is 11.8 Å². The van der Waals surface area contributed by atoms with E-state index in [-0.39, 0.29) is 17.9 Å². The van der Waals surface area contributed by atoms with E-state index < -0.39 is 0 Å². The van der Waals surface area contributed by atoms with E-state index in [4.69, 9.17) is 4.52 Å². The highest BCUT2D eigenvalue weighted by atomic mass is 16.5. The Hall–Kier alpha value is -2.63. The van der Waals surface area contributed by atoms with Crippen LogP contribution in [0, 0.1) is 26.7 Å². The summed E-state index contributed by atoms with van der Waals surface area (Å²) in [6, 6.07) is 8.41. The summed E-state index contributed by atoms with van der Waals surface area (Å²) in [5.41, 5.74) is 3.53. The van der Waals surface area contributed by atoms with Crippen LogP contribution in [0.1, 0.15) is 52.2 Å². The number of hydrogen-bond acceptors (Lipinski definition) is 4. The summed E-state index contributed by atoms with van der Waals surface area (Å²) < 4.78 is 5.18. The van der Waals surface area contributed by atoms with Gasteiger partial charge in [-0.15, -0.1) is 0 Å². The molecule has 1 aromatic heterocycles. The average Bonchev–Trinajstić information content (AvgIpc) is 3.20. The van der Waals surface area contributed by atoms with E-state index in [2.05, 4.69) is 36.3 Å². The van der Waals surface area contributed by atoms with Crippen molar-refractivity contribution in [3.8, 4) is 0 Å². The van der Waals surface area contributed by atoms with Gasteiger partial charge in [-0.25, -0.2) is 0 Å². The lowest BCUT2D eigenvalue weighted by Crippen LogP contribution is -2.43. The van der Waals surface area contributed by atoms with E-state index in [0.29, 0.717) is 49.0 Å². The van der Waals surface area contributed by atoms with Crippen molar-refractivity contribution in [2.75, 3.05) is 13.1 Å². The molecule has 4 rings (SSSR count). The Labute approximate surface area is 165 Å². The third kappa shape index (κ3) is 3.43. The molecule has 2 fully saturated rings. The summed E-state index contributed by atoms with van der Waals surface area (Å²) in [5.74, 6) is 1.04. The van der Waals surface area contributed by atoms with E-state index in [0.717, 1.165) is 18.4 Å². The minimum atomic E-state index is -0.0351. The maximum absolute atomic E-state index is 13.1. The van der Waals surface area contributed by atoms with Gasteiger partial charge in [0, 0.05) is 26.1 Å². The minimum absolute atomic E-state index is 0.0351. The molecule has 3 heterocycles. The van der Waals surface area contributed by atoms with Gasteiger partial charge in [0.2, 0.25) is 5.91 Å². The molecule has 0 bridgehead atoms. The Bertz CT molecular complexity index is 867. The Kier molecular flexibility index (Phi) is 4.96. The fourth-order valence-corrected chi connectivity index (χ4v) is 4.54. The molecular formula is C22H27N3O3. The Morgan fingerprint density at radius 3 is 2.61 bits per heavy atom. The van der Waals surface area contributed by atoms with Crippen LogP contribution in [0.5, 0.6) is 0 Å². The van der Waals surface area contributed by atoms with Gasteiger partial charge in [0.25, 0.3) is 5.91 Å². The lowest BCUT2D eigenvalue weighted by atomic mass is 9.98. The lowest BCUT2D eigenvalue weighted by molar-refractivity contribution is -0.133. The van der Waals surface area contributed by atoms with Crippen LogP contribution in [0.4, 0.5) is 0 Å². The van der Waals surface area contributed by atoms with E-state index in [9.17, 15) is 9.59 Å². The zero-order chi connectivity index (χ0) is 19.8. The van der Waals surface area contributed by atoms with Crippen LogP contribution in [0.2, 0.25) is 0 Å². The maximum Gasteiger partial charge on any atom is 0.259 e.